The number of aromatic nitrogens is 2. The van der Waals surface area contributed by atoms with Crippen LogP contribution in [0.5, 0.6) is 0 Å². The van der Waals surface area contributed by atoms with Crippen molar-refractivity contribution in [2.24, 2.45) is 0 Å². The summed E-state index contributed by atoms with van der Waals surface area (Å²) in [7, 11) is 0. The lowest BCUT2D eigenvalue weighted by Gasteiger charge is -2.37. The van der Waals surface area contributed by atoms with Crippen molar-refractivity contribution in [1.29, 1.82) is 0 Å². The molecule has 2 unspecified atom stereocenters. The minimum Gasteiger partial charge on any atom is -1.00 e. The summed E-state index contributed by atoms with van der Waals surface area (Å²) >= 11 is 0. The number of imidazole rings is 1. The van der Waals surface area contributed by atoms with Crippen molar-refractivity contribution in [1.82, 2.24) is 9.47 Å². The van der Waals surface area contributed by atoms with Crippen LogP contribution in [0.4, 0.5) is 5.69 Å². The zero-order valence-corrected chi connectivity index (χ0v) is 26.1. The smallest absolute Gasteiger partial charge is 0.266 e. The lowest BCUT2D eigenvalue weighted by molar-refractivity contribution is -0.669. The van der Waals surface area contributed by atoms with Crippen molar-refractivity contribution in [3.8, 4) is 0 Å². The van der Waals surface area contributed by atoms with E-state index in [2.05, 4.69) is 143 Å². The summed E-state index contributed by atoms with van der Waals surface area (Å²) in [4.78, 5) is 18.9. The Kier molecular flexibility index (Phi) is 7.44. The maximum Gasteiger partial charge on any atom is 0.266 e. The van der Waals surface area contributed by atoms with Crippen LogP contribution in [0.2, 0.25) is 0 Å². The molecule has 0 bridgehead atoms. The molecule has 42 heavy (non-hydrogen) atoms. The number of carbonyl (C=O) groups excluding carboxylic acids is 1. The number of amides is 1. The molecular weight excluding hydrogens is 584 g/mol. The molecular formula is C36H37BrN4O. The molecule has 0 spiro atoms. The van der Waals surface area contributed by atoms with Gasteiger partial charge in [0.25, 0.3) is 11.7 Å². The Labute approximate surface area is 258 Å². The summed E-state index contributed by atoms with van der Waals surface area (Å²) in [6, 6.07) is 36.6. The Balaban J connectivity index is 0.00000316. The molecule has 2 atom stereocenters. The van der Waals surface area contributed by atoms with Crippen molar-refractivity contribution < 1.29 is 26.3 Å². The van der Waals surface area contributed by atoms with Crippen LogP contribution in [0.25, 0.3) is 11.0 Å². The first-order valence-corrected chi connectivity index (χ1v) is 14.7. The third kappa shape index (κ3) is 4.62. The molecule has 0 saturated carbocycles. The standard InChI is InChI=1S/C36H37N4O.BrH/c1-26-17-19-29(20-18-26)23-38-27(2)39(33-16-10-9-15-32(33)38)25-34(41)37-22-21-36(3)30-13-7-8-14-31(30)40(35(36)37)24-28-11-5-4-6-12-28;/h4-20,35H,21-25H2,1-3H3;1H/q+1;/p-1. The first-order chi connectivity index (χ1) is 19.9. The van der Waals surface area contributed by atoms with Crippen molar-refractivity contribution in [2.45, 2.75) is 58.4 Å². The predicted octanol–water partition coefficient (Wildman–Crippen LogP) is 3.13. The van der Waals surface area contributed by atoms with E-state index in [-0.39, 0.29) is 34.5 Å². The number of anilines is 1. The maximum absolute atomic E-state index is 14.3. The summed E-state index contributed by atoms with van der Waals surface area (Å²) < 4.78 is 4.56. The van der Waals surface area contributed by atoms with E-state index in [0.717, 1.165) is 42.9 Å². The summed E-state index contributed by atoms with van der Waals surface area (Å²) in [5, 5.41) is 0. The quantitative estimate of drug-likeness (QED) is 0.273. The molecule has 0 aliphatic carbocycles. The van der Waals surface area contributed by atoms with Gasteiger partial charge in [0, 0.05) is 31.1 Å². The number of fused-ring (bicyclic) bond motifs is 4. The van der Waals surface area contributed by atoms with Crippen molar-refractivity contribution >= 4 is 22.6 Å². The van der Waals surface area contributed by atoms with Gasteiger partial charge in [0.15, 0.2) is 17.6 Å². The van der Waals surface area contributed by atoms with Gasteiger partial charge in [0.1, 0.15) is 12.7 Å². The first-order valence-electron chi connectivity index (χ1n) is 14.7. The van der Waals surface area contributed by atoms with Gasteiger partial charge in [-0.15, -0.1) is 0 Å². The van der Waals surface area contributed by atoms with Crippen molar-refractivity contribution in [3.63, 3.8) is 0 Å². The van der Waals surface area contributed by atoms with Gasteiger partial charge in [0.2, 0.25) is 0 Å². The van der Waals surface area contributed by atoms with E-state index >= 15 is 0 Å². The summed E-state index contributed by atoms with van der Waals surface area (Å²) in [5.74, 6) is 1.27. The highest BCUT2D eigenvalue weighted by Gasteiger charge is 2.55. The van der Waals surface area contributed by atoms with Crippen LogP contribution in [0.3, 0.4) is 0 Å². The Morgan fingerprint density at radius 1 is 0.857 bits per heavy atom. The van der Waals surface area contributed by atoms with E-state index in [9.17, 15) is 4.79 Å². The van der Waals surface area contributed by atoms with E-state index < -0.39 is 0 Å². The van der Waals surface area contributed by atoms with Crippen LogP contribution in [0, 0.1) is 13.8 Å². The van der Waals surface area contributed by atoms with Gasteiger partial charge in [-0.2, -0.15) is 0 Å². The number of nitrogens with zero attached hydrogens (tertiary/aromatic N) is 4. The number of hydrogen-bond donors (Lipinski definition) is 0. The zero-order valence-electron chi connectivity index (χ0n) is 24.5. The Morgan fingerprint density at radius 3 is 2.33 bits per heavy atom. The van der Waals surface area contributed by atoms with E-state index in [1.807, 2.05) is 0 Å². The average Bonchev–Trinajstić information content (AvgIpc) is 3.56. The van der Waals surface area contributed by atoms with Gasteiger partial charge in [-0.05, 0) is 48.2 Å². The fourth-order valence-corrected chi connectivity index (χ4v) is 7.20. The Morgan fingerprint density at radius 2 is 1.55 bits per heavy atom. The van der Waals surface area contributed by atoms with E-state index in [4.69, 9.17) is 0 Å². The van der Waals surface area contributed by atoms with Crippen LogP contribution in [0.15, 0.2) is 103 Å². The largest absolute Gasteiger partial charge is 1.00 e. The SMILES string of the molecule is Cc1ccc(C[n+]2c(C)n(CC(=O)N3CCC4(C)c5ccccc5N(Cc5ccccc5)C34)c3ccccc32)cc1.[Br-]. The van der Waals surface area contributed by atoms with E-state index in [0.29, 0.717) is 6.54 Å². The first kappa shape index (κ1) is 28.2. The monoisotopic (exact) mass is 620 g/mol. The fourth-order valence-electron chi connectivity index (χ4n) is 7.20. The highest BCUT2D eigenvalue weighted by Crippen LogP contribution is 2.52. The van der Waals surface area contributed by atoms with Crippen LogP contribution in [-0.2, 0) is 29.8 Å². The van der Waals surface area contributed by atoms with E-state index in [1.54, 1.807) is 0 Å². The van der Waals surface area contributed by atoms with Gasteiger partial charge in [-0.1, -0.05) is 97.4 Å². The van der Waals surface area contributed by atoms with Gasteiger partial charge in [-0.3, -0.25) is 4.79 Å². The number of aryl methyl sites for hydroxylation is 1. The third-order valence-electron chi connectivity index (χ3n) is 9.38. The van der Waals surface area contributed by atoms with E-state index in [1.165, 1.54) is 27.9 Å². The maximum atomic E-state index is 14.3. The normalized spacial score (nSPS) is 19.1. The van der Waals surface area contributed by atoms with Crippen molar-refractivity contribution in [3.05, 3.63) is 131 Å². The molecule has 214 valence electrons. The highest BCUT2D eigenvalue weighted by atomic mass is 79.9. The molecule has 1 fully saturated rings. The average molecular weight is 622 g/mol. The Hall–Kier alpha value is -3.90. The lowest BCUT2D eigenvalue weighted by Crippen LogP contribution is -3.00. The van der Waals surface area contributed by atoms with Gasteiger partial charge < -0.3 is 26.8 Å². The molecule has 0 N–H and O–H groups in total. The van der Waals surface area contributed by atoms with Crippen LogP contribution in [0.1, 0.15) is 41.4 Å². The molecule has 3 heterocycles. The number of para-hydroxylation sites is 3. The second-order valence-electron chi connectivity index (χ2n) is 12.0. The summed E-state index contributed by atoms with van der Waals surface area (Å²) in [5.41, 5.74) is 8.54. The fraction of sp³-hybridized carbons (Fsp3) is 0.278. The minimum atomic E-state index is -0.0970. The third-order valence-corrected chi connectivity index (χ3v) is 9.38. The summed E-state index contributed by atoms with van der Waals surface area (Å²) in [6.45, 7) is 9.26. The number of halogens is 1. The van der Waals surface area contributed by atoms with Gasteiger partial charge in [-0.25, -0.2) is 9.13 Å². The van der Waals surface area contributed by atoms with Gasteiger partial charge in [0.05, 0.1) is 0 Å². The second kappa shape index (κ2) is 11.1. The molecule has 2 aliphatic heterocycles. The minimum absolute atomic E-state index is 0. The Bertz CT molecular complexity index is 1750. The number of benzene rings is 4. The number of carbonyl (C=O) groups is 1. The van der Waals surface area contributed by atoms with Crippen LogP contribution < -0.4 is 26.4 Å². The molecule has 4 aromatic carbocycles. The number of hydrogen-bond acceptors (Lipinski definition) is 2. The lowest BCUT2D eigenvalue weighted by atomic mass is 9.81. The molecule has 0 radical (unpaired) electrons. The number of rotatable bonds is 6. The molecule has 1 amide bonds. The van der Waals surface area contributed by atoms with Gasteiger partial charge >= 0.3 is 0 Å². The molecule has 2 aliphatic rings. The molecule has 1 aromatic heterocycles. The molecule has 5 aromatic rings. The molecule has 5 nitrogen and oxygen atoms in total. The molecule has 6 heteroatoms. The number of likely N-dealkylation sites (tertiary alicyclic amines) is 1. The predicted molar refractivity (Wildman–Crippen MR) is 164 cm³/mol. The molecule has 7 rings (SSSR count). The second-order valence-corrected chi connectivity index (χ2v) is 12.0. The van der Waals surface area contributed by atoms with Crippen LogP contribution in [-0.4, -0.2) is 28.1 Å². The van der Waals surface area contributed by atoms with Crippen LogP contribution >= 0.6 is 0 Å². The zero-order chi connectivity index (χ0) is 28.1. The van der Waals surface area contributed by atoms with Crippen molar-refractivity contribution in [2.75, 3.05) is 11.4 Å². The summed E-state index contributed by atoms with van der Waals surface area (Å²) in [6.07, 6.45) is 0.958. The topological polar surface area (TPSA) is 32.4 Å². The highest BCUT2D eigenvalue weighted by molar-refractivity contribution is 5.82. The molecule has 1 saturated heterocycles.